The van der Waals surface area contributed by atoms with E-state index in [0.29, 0.717) is 18.3 Å². The second kappa shape index (κ2) is 9.95. The minimum absolute atomic E-state index is 0.0283. The molecule has 0 fully saturated rings. The zero-order chi connectivity index (χ0) is 24.1. The molecule has 0 radical (unpaired) electrons. The largest absolute Gasteiger partial charge is 0.449 e. The number of carbonyl (C=O) groups excluding carboxylic acids is 2. The van der Waals surface area contributed by atoms with Crippen molar-refractivity contribution in [1.82, 2.24) is 5.32 Å². The van der Waals surface area contributed by atoms with Gasteiger partial charge in [-0.25, -0.2) is 4.79 Å². The van der Waals surface area contributed by atoms with Crippen molar-refractivity contribution in [2.24, 2.45) is 0 Å². The van der Waals surface area contributed by atoms with Crippen LogP contribution >= 0.6 is 0 Å². The molecule has 3 aromatic rings. The number of amides is 1. The molecule has 0 unspecified atom stereocenters. The summed E-state index contributed by atoms with van der Waals surface area (Å²) in [6, 6.07) is 19.1. The molecule has 7 heteroatoms. The van der Waals surface area contributed by atoms with Crippen LogP contribution in [0.2, 0.25) is 0 Å². The summed E-state index contributed by atoms with van der Waals surface area (Å²) in [4.78, 5) is 23.3. The van der Waals surface area contributed by atoms with E-state index in [-0.39, 0.29) is 24.6 Å². The number of halogens is 3. The van der Waals surface area contributed by atoms with Crippen molar-refractivity contribution in [2.45, 2.75) is 18.5 Å². The number of benzene rings is 3. The third kappa shape index (κ3) is 5.03. The van der Waals surface area contributed by atoms with Crippen LogP contribution in [-0.4, -0.2) is 25.5 Å². The molecule has 0 atom stereocenters. The van der Waals surface area contributed by atoms with Crippen molar-refractivity contribution < 1.29 is 27.5 Å². The normalized spacial score (nSPS) is 12.9. The third-order valence-corrected chi connectivity index (χ3v) is 5.76. The third-order valence-electron chi connectivity index (χ3n) is 5.76. The molecule has 4 nitrogen and oxygen atoms in total. The van der Waals surface area contributed by atoms with E-state index in [4.69, 9.17) is 4.74 Å². The van der Waals surface area contributed by atoms with E-state index in [2.05, 4.69) is 17.4 Å². The van der Waals surface area contributed by atoms with Crippen molar-refractivity contribution in [3.05, 3.63) is 101 Å². The second-order valence-electron chi connectivity index (χ2n) is 7.90. The zero-order valence-electron chi connectivity index (χ0n) is 18.1. The lowest BCUT2D eigenvalue weighted by Gasteiger charge is -2.14. The molecule has 0 aliphatic heterocycles. The number of aldehydes is 1. The number of carbonyl (C=O) groups is 2. The molecule has 34 heavy (non-hydrogen) atoms. The van der Waals surface area contributed by atoms with Gasteiger partial charge in [0.15, 0.2) is 6.29 Å². The van der Waals surface area contributed by atoms with Crippen LogP contribution in [0.15, 0.2) is 72.8 Å². The highest BCUT2D eigenvalue weighted by Gasteiger charge is 2.31. The van der Waals surface area contributed by atoms with E-state index >= 15 is 0 Å². The fourth-order valence-corrected chi connectivity index (χ4v) is 4.12. The van der Waals surface area contributed by atoms with E-state index in [1.54, 1.807) is 12.2 Å². The number of nitrogens with one attached hydrogen (secondary N) is 1. The first-order valence-electron chi connectivity index (χ1n) is 10.8. The van der Waals surface area contributed by atoms with Crippen LogP contribution < -0.4 is 5.32 Å². The Morgan fingerprint density at radius 1 is 0.941 bits per heavy atom. The highest BCUT2D eigenvalue weighted by molar-refractivity contribution is 5.82. The summed E-state index contributed by atoms with van der Waals surface area (Å²) < 4.78 is 43.8. The lowest BCUT2D eigenvalue weighted by molar-refractivity contribution is -0.137. The molecule has 3 aromatic carbocycles. The number of alkyl halides is 3. The molecule has 174 valence electrons. The maximum absolute atomic E-state index is 12.8. The zero-order valence-corrected chi connectivity index (χ0v) is 18.1. The average Bonchev–Trinajstić information content (AvgIpc) is 3.15. The molecule has 0 bridgehead atoms. The summed E-state index contributed by atoms with van der Waals surface area (Å²) in [5.74, 6) is -0.0283. The quantitative estimate of drug-likeness (QED) is 0.322. The first kappa shape index (κ1) is 23.3. The monoisotopic (exact) mass is 465 g/mol. The summed E-state index contributed by atoms with van der Waals surface area (Å²) >= 11 is 0. The van der Waals surface area contributed by atoms with Crippen molar-refractivity contribution in [1.29, 1.82) is 0 Å². The Balaban J connectivity index is 1.28. The molecule has 0 aromatic heterocycles. The van der Waals surface area contributed by atoms with Gasteiger partial charge in [-0.2, -0.15) is 13.2 Å². The Labute approximate surface area is 195 Å². The van der Waals surface area contributed by atoms with Gasteiger partial charge >= 0.3 is 12.3 Å². The van der Waals surface area contributed by atoms with E-state index in [9.17, 15) is 22.8 Å². The number of ether oxygens (including phenoxy) is 1. The second-order valence-corrected chi connectivity index (χ2v) is 7.90. The highest BCUT2D eigenvalue weighted by atomic mass is 19.4. The Kier molecular flexibility index (Phi) is 6.82. The smallest absolute Gasteiger partial charge is 0.416 e. The number of hydrogen-bond donors (Lipinski definition) is 1. The summed E-state index contributed by atoms with van der Waals surface area (Å²) in [6.07, 6.45) is -0.999. The molecule has 0 spiro atoms. The van der Waals surface area contributed by atoms with E-state index < -0.39 is 17.8 Å². The highest BCUT2D eigenvalue weighted by Crippen LogP contribution is 2.44. The van der Waals surface area contributed by atoms with Crippen LogP contribution in [0.25, 0.3) is 17.2 Å². The van der Waals surface area contributed by atoms with Gasteiger partial charge < -0.3 is 10.1 Å². The van der Waals surface area contributed by atoms with Gasteiger partial charge in [-0.05, 0) is 46.4 Å². The Hall–Kier alpha value is -3.87. The van der Waals surface area contributed by atoms with Gasteiger partial charge in [0, 0.05) is 18.0 Å². The summed E-state index contributed by atoms with van der Waals surface area (Å²) in [6.45, 7) is 0.494. The molecule has 1 N–H and O–H groups in total. The van der Waals surface area contributed by atoms with Crippen molar-refractivity contribution in [3.8, 4) is 11.1 Å². The maximum Gasteiger partial charge on any atom is 0.416 e. The first-order chi connectivity index (χ1) is 16.4. The molecular weight excluding hydrogens is 443 g/mol. The Morgan fingerprint density at radius 3 is 2.21 bits per heavy atom. The standard InChI is InChI=1S/C27H22F3NO3/c28-27(29,30)20-13-12-18(19(15-20)16-32)7-5-6-14-31-26(33)34-17-25-23-10-3-1-8-21(23)22-9-2-4-11-24(22)25/h1-5,7-13,15-16,25H,6,14,17H2,(H,31,33). The van der Waals surface area contributed by atoms with Gasteiger partial charge in [0.25, 0.3) is 0 Å². The molecule has 1 aliphatic rings. The van der Waals surface area contributed by atoms with Crippen molar-refractivity contribution >= 4 is 18.5 Å². The van der Waals surface area contributed by atoms with Crippen LogP contribution in [0.3, 0.4) is 0 Å². The van der Waals surface area contributed by atoms with Crippen molar-refractivity contribution in [3.63, 3.8) is 0 Å². The average molecular weight is 465 g/mol. The SMILES string of the molecule is O=Cc1cc(C(F)(F)F)ccc1C=CCCNC(=O)OCC1c2ccccc2-c2ccccc21. The summed E-state index contributed by atoms with van der Waals surface area (Å²) in [7, 11) is 0. The van der Waals surface area contributed by atoms with E-state index in [1.807, 2.05) is 36.4 Å². The lowest BCUT2D eigenvalue weighted by atomic mass is 9.98. The van der Waals surface area contributed by atoms with Crippen LogP contribution in [0.5, 0.6) is 0 Å². The number of alkyl carbamates (subject to hydrolysis) is 1. The van der Waals surface area contributed by atoms with Gasteiger partial charge in [-0.15, -0.1) is 0 Å². The predicted molar refractivity (Wildman–Crippen MR) is 124 cm³/mol. The summed E-state index contributed by atoms with van der Waals surface area (Å²) in [5, 5.41) is 2.67. The number of hydrogen-bond acceptors (Lipinski definition) is 3. The fourth-order valence-electron chi connectivity index (χ4n) is 4.12. The molecule has 1 aliphatic carbocycles. The molecule has 1 amide bonds. The van der Waals surface area contributed by atoms with Crippen LogP contribution in [0.4, 0.5) is 18.0 Å². The maximum atomic E-state index is 12.8. The van der Waals surface area contributed by atoms with Gasteiger partial charge in [0.05, 0.1) is 5.56 Å². The predicted octanol–water partition coefficient (Wildman–Crippen LogP) is 6.46. The van der Waals surface area contributed by atoms with Gasteiger partial charge in [0.1, 0.15) is 6.61 Å². The van der Waals surface area contributed by atoms with E-state index in [0.717, 1.165) is 34.4 Å². The minimum Gasteiger partial charge on any atom is -0.449 e. The Morgan fingerprint density at radius 2 is 1.59 bits per heavy atom. The van der Waals surface area contributed by atoms with Crippen LogP contribution in [-0.2, 0) is 10.9 Å². The molecular formula is C27H22F3NO3. The molecule has 0 saturated heterocycles. The number of rotatable bonds is 7. The lowest BCUT2D eigenvalue weighted by Crippen LogP contribution is -2.26. The first-order valence-corrected chi connectivity index (χ1v) is 10.8. The topological polar surface area (TPSA) is 55.4 Å². The Bertz CT molecular complexity index is 1190. The van der Waals surface area contributed by atoms with E-state index in [1.165, 1.54) is 6.07 Å². The van der Waals surface area contributed by atoms with Crippen LogP contribution in [0.1, 0.15) is 45.0 Å². The van der Waals surface area contributed by atoms with Gasteiger partial charge in [0.2, 0.25) is 0 Å². The molecule has 0 saturated carbocycles. The minimum atomic E-state index is -4.51. The number of fused-ring (bicyclic) bond motifs is 3. The van der Waals surface area contributed by atoms with Crippen molar-refractivity contribution in [2.75, 3.05) is 13.2 Å². The molecule has 4 rings (SSSR count). The van der Waals surface area contributed by atoms with Gasteiger partial charge in [-0.1, -0.05) is 66.7 Å². The van der Waals surface area contributed by atoms with Crippen LogP contribution in [0, 0.1) is 0 Å². The molecule has 0 heterocycles. The van der Waals surface area contributed by atoms with Gasteiger partial charge in [-0.3, -0.25) is 4.79 Å². The summed E-state index contributed by atoms with van der Waals surface area (Å²) in [5.41, 5.74) is 4.01. The fraction of sp³-hybridized carbons (Fsp3) is 0.185.